The molecule has 1 aliphatic carbocycles. The predicted molar refractivity (Wildman–Crippen MR) is 73.8 cm³/mol. The van der Waals surface area contributed by atoms with E-state index in [1.807, 2.05) is 6.26 Å². The van der Waals surface area contributed by atoms with Gasteiger partial charge in [0.2, 0.25) is 0 Å². The second-order valence-corrected chi connectivity index (χ2v) is 6.78. The normalized spacial score (nSPS) is 17.9. The van der Waals surface area contributed by atoms with Crippen molar-refractivity contribution in [2.75, 3.05) is 7.11 Å². The van der Waals surface area contributed by atoms with E-state index in [0.29, 0.717) is 0 Å². The fourth-order valence-corrected chi connectivity index (χ4v) is 3.43. The molecule has 0 saturated heterocycles. The van der Waals surface area contributed by atoms with Gasteiger partial charge in [0.15, 0.2) is 0 Å². The minimum absolute atomic E-state index is 0.776. The predicted octanol–water partition coefficient (Wildman–Crippen LogP) is 4.28. The van der Waals surface area contributed by atoms with Crippen LogP contribution >= 0.6 is 0 Å². The van der Waals surface area contributed by atoms with Crippen LogP contribution in [0.3, 0.4) is 0 Å². The number of hydrogen-bond acceptors (Lipinski definition) is 2. The zero-order valence-electron chi connectivity index (χ0n) is 11.6. The van der Waals surface area contributed by atoms with Crippen LogP contribution in [0.5, 0.6) is 0 Å². The third-order valence-electron chi connectivity index (χ3n) is 3.40. The molecule has 0 amide bonds. The van der Waals surface area contributed by atoms with Gasteiger partial charge < -0.3 is 8.85 Å². The molecule has 1 unspecified atom stereocenters. The van der Waals surface area contributed by atoms with Gasteiger partial charge in [0.05, 0.1) is 6.26 Å². The van der Waals surface area contributed by atoms with Crippen LogP contribution in [0.1, 0.15) is 52.4 Å². The van der Waals surface area contributed by atoms with Crippen molar-refractivity contribution >= 4 is 9.28 Å². The molecule has 1 atom stereocenters. The van der Waals surface area contributed by atoms with Crippen molar-refractivity contribution in [1.29, 1.82) is 0 Å². The molecule has 1 radical (unpaired) electrons. The summed E-state index contributed by atoms with van der Waals surface area (Å²) in [6.45, 7) is 4.53. The summed E-state index contributed by atoms with van der Waals surface area (Å²) in [5, 5.41) is 0. The Morgan fingerprint density at radius 1 is 1.35 bits per heavy atom. The molecule has 0 aromatic rings. The van der Waals surface area contributed by atoms with Crippen LogP contribution in [-0.2, 0) is 8.85 Å². The molecular weight excluding hydrogens is 228 g/mol. The van der Waals surface area contributed by atoms with Crippen LogP contribution in [0, 0.1) is 11.8 Å². The van der Waals surface area contributed by atoms with E-state index in [1.54, 1.807) is 7.11 Å². The van der Waals surface area contributed by atoms with Gasteiger partial charge in [-0.2, -0.15) is 0 Å². The van der Waals surface area contributed by atoms with Gasteiger partial charge in [-0.3, -0.25) is 0 Å². The highest BCUT2D eigenvalue weighted by molar-refractivity contribution is 6.44. The van der Waals surface area contributed by atoms with Crippen LogP contribution in [0.2, 0.25) is 6.04 Å². The lowest BCUT2D eigenvalue weighted by molar-refractivity contribution is 0.291. The molecule has 1 fully saturated rings. The van der Waals surface area contributed by atoms with Gasteiger partial charge in [-0.25, -0.2) is 0 Å². The van der Waals surface area contributed by atoms with Crippen molar-refractivity contribution < 1.29 is 8.85 Å². The standard InChI is InChI=1S/C14H27O2Si/c1-4-6-7-13(5-2)12-17(15-3)16-11-10-14-8-9-14/h10-11,13-14H,4-9,12H2,1-3H3. The van der Waals surface area contributed by atoms with Crippen molar-refractivity contribution in [2.45, 2.75) is 58.4 Å². The number of rotatable bonds is 10. The maximum atomic E-state index is 5.75. The molecule has 1 saturated carbocycles. The summed E-state index contributed by atoms with van der Waals surface area (Å²) in [6, 6.07) is 1.12. The molecule has 17 heavy (non-hydrogen) atoms. The van der Waals surface area contributed by atoms with E-state index in [1.165, 1.54) is 38.5 Å². The zero-order valence-corrected chi connectivity index (χ0v) is 12.6. The molecule has 0 spiro atoms. The van der Waals surface area contributed by atoms with Crippen molar-refractivity contribution in [1.82, 2.24) is 0 Å². The second-order valence-electron chi connectivity index (χ2n) is 4.98. The highest BCUT2D eigenvalue weighted by atomic mass is 28.3. The van der Waals surface area contributed by atoms with Crippen molar-refractivity contribution in [3.05, 3.63) is 12.3 Å². The van der Waals surface area contributed by atoms with Gasteiger partial charge in [0, 0.05) is 13.2 Å². The first-order valence-corrected chi connectivity index (χ1v) is 8.55. The van der Waals surface area contributed by atoms with Crippen molar-refractivity contribution in [3.8, 4) is 0 Å². The third kappa shape index (κ3) is 6.89. The molecule has 1 rings (SSSR count). The average molecular weight is 255 g/mol. The fourth-order valence-electron chi connectivity index (χ4n) is 1.87. The Hall–Kier alpha value is -0.283. The van der Waals surface area contributed by atoms with Crippen molar-refractivity contribution in [3.63, 3.8) is 0 Å². The summed E-state index contributed by atoms with van der Waals surface area (Å²) in [5.41, 5.74) is 0. The Bertz CT molecular complexity index is 214. The lowest BCUT2D eigenvalue weighted by Gasteiger charge is -2.17. The Morgan fingerprint density at radius 3 is 2.65 bits per heavy atom. The third-order valence-corrected chi connectivity index (χ3v) is 5.16. The van der Waals surface area contributed by atoms with E-state index in [9.17, 15) is 0 Å². The summed E-state index contributed by atoms with van der Waals surface area (Å²) in [5.74, 6) is 1.57. The molecule has 2 nitrogen and oxygen atoms in total. The lowest BCUT2D eigenvalue weighted by atomic mass is 10.0. The molecule has 0 bridgehead atoms. The first-order chi connectivity index (χ1) is 8.30. The lowest BCUT2D eigenvalue weighted by Crippen LogP contribution is -2.22. The van der Waals surface area contributed by atoms with E-state index < -0.39 is 9.28 Å². The van der Waals surface area contributed by atoms with Crippen molar-refractivity contribution in [2.24, 2.45) is 11.8 Å². The van der Waals surface area contributed by atoms with Crippen LogP contribution in [0.15, 0.2) is 12.3 Å². The summed E-state index contributed by atoms with van der Waals surface area (Å²) in [6.07, 6.45) is 11.9. The van der Waals surface area contributed by atoms with Gasteiger partial charge in [-0.05, 0) is 30.8 Å². The number of hydrogen-bond donors (Lipinski definition) is 0. The SMILES string of the molecule is CCCCC(CC)C[Si](OC)OC=CC1CC1. The molecule has 3 heteroatoms. The van der Waals surface area contributed by atoms with Gasteiger partial charge in [-0.15, -0.1) is 0 Å². The van der Waals surface area contributed by atoms with E-state index in [-0.39, 0.29) is 0 Å². The molecule has 0 aliphatic heterocycles. The van der Waals surface area contributed by atoms with Gasteiger partial charge in [0.1, 0.15) is 0 Å². The van der Waals surface area contributed by atoms with Gasteiger partial charge in [-0.1, -0.05) is 39.5 Å². The van der Waals surface area contributed by atoms with Gasteiger partial charge in [0.25, 0.3) is 0 Å². The second kappa shape index (κ2) is 8.76. The Kier molecular flexibility index (Phi) is 7.61. The average Bonchev–Trinajstić information content (AvgIpc) is 3.16. The Morgan fingerprint density at radius 2 is 2.12 bits per heavy atom. The first kappa shape index (κ1) is 14.8. The molecular formula is C14H27O2Si. The Labute approximate surface area is 108 Å². The number of allylic oxidation sites excluding steroid dienone is 1. The quantitative estimate of drug-likeness (QED) is 0.428. The van der Waals surface area contributed by atoms with E-state index in [2.05, 4.69) is 19.9 Å². The molecule has 1 aliphatic rings. The topological polar surface area (TPSA) is 18.5 Å². The molecule has 0 aromatic heterocycles. The first-order valence-electron chi connectivity index (χ1n) is 7.03. The molecule has 99 valence electrons. The minimum Gasteiger partial charge on any atom is -0.525 e. The van der Waals surface area contributed by atoms with Crippen LogP contribution in [0.25, 0.3) is 0 Å². The van der Waals surface area contributed by atoms with E-state index in [4.69, 9.17) is 8.85 Å². The maximum Gasteiger partial charge on any atom is 0.457 e. The Balaban J connectivity index is 2.21. The molecule has 0 heterocycles. The van der Waals surface area contributed by atoms with Crippen LogP contribution < -0.4 is 0 Å². The monoisotopic (exact) mass is 255 g/mol. The maximum absolute atomic E-state index is 5.75. The zero-order chi connectivity index (χ0) is 12.5. The summed E-state index contributed by atoms with van der Waals surface area (Å²) >= 11 is 0. The summed E-state index contributed by atoms with van der Waals surface area (Å²) in [7, 11) is 0.704. The summed E-state index contributed by atoms with van der Waals surface area (Å²) < 4.78 is 11.2. The largest absolute Gasteiger partial charge is 0.525 e. The smallest absolute Gasteiger partial charge is 0.457 e. The van der Waals surface area contributed by atoms with Crippen LogP contribution in [-0.4, -0.2) is 16.4 Å². The highest BCUT2D eigenvalue weighted by Crippen LogP contribution is 2.30. The van der Waals surface area contributed by atoms with E-state index >= 15 is 0 Å². The fraction of sp³-hybridized carbons (Fsp3) is 0.857. The molecule has 0 aromatic carbocycles. The molecule has 0 N–H and O–H groups in total. The van der Waals surface area contributed by atoms with Gasteiger partial charge >= 0.3 is 9.28 Å². The highest BCUT2D eigenvalue weighted by Gasteiger charge is 2.21. The minimum atomic E-state index is -1.08. The van der Waals surface area contributed by atoms with E-state index in [0.717, 1.165) is 17.9 Å². The number of unbranched alkanes of at least 4 members (excludes halogenated alkanes) is 1. The van der Waals surface area contributed by atoms with Crippen LogP contribution in [0.4, 0.5) is 0 Å². The summed E-state index contributed by atoms with van der Waals surface area (Å²) in [4.78, 5) is 0.